The average Bonchev–Trinajstić information content (AvgIpc) is 2.01. The van der Waals surface area contributed by atoms with Gasteiger partial charge in [-0.15, -0.1) is 0 Å². The number of amides is 1. The minimum absolute atomic E-state index is 0.0437. The fourth-order valence-electron chi connectivity index (χ4n) is 0.717. The molecule has 1 aromatic carbocycles. The Balaban J connectivity index is 3.11. The van der Waals surface area contributed by atoms with E-state index in [1.165, 1.54) is 0 Å². The zero-order chi connectivity index (χ0) is 9.14. The van der Waals surface area contributed by atoms with Crippen LogP contribution in [0.4, 0.5) is 14.5 Å². The SMILES string of the molecule is O=CNc1cc(F)c(O)c(F)c1. The molecule has 0 unspecified atom stereocenters. The van der Waals surface area contributed by atoms with Crippen molar-refractivity contribution in [3.8, 4) is 5.75 Å². The van der Waals surface area contributed by atoms with Crippen LogP contribution in [-0.4, -0.2) is 11.5 Å². The molecule has 1 rings (SSSR count). The highest BCUT2D eigenvalue weighted by Gasteiger charge is 2.08. The summed E-state index contributed by atoms with van der Waals surface area (Å²) >= 11 is 0. The summed E-state index contributed by atoms with van der Waals surface area (Å²) in [6.45, 7) is 0. The highest BCUT2D eigenvalue weighted by molar-refractivity contribution is 5.71. The van der Waals surface area contributed by atoms with Crippen molar-refractivity contribution in [3.63, 3.8) is 0 Å². The van der Waals surface area contributed by atoms with E-state index in [2.05, 4.69) is 0 Å². The van der Waals surface area contributed by atoms with Gasteiger partial charge in [-0.25, -0.2) is 8.78 Å². The Labute approximate surface area is 66.6 Å². The van der Waals surface area contributed by atoms with Crippen LogP contribution in [0, 0.1) is 11.6 Å². The monoisotopic (exact) mass is 173 g/mol. The lowest BCUT2D eigenvalue weighted by atomic mass is 10.3. The standard InChI is InChI=1S/C7H5F2NO2/c8-5-1-4(10-3-11)2-6(9)7(5)12/h1-3,12H,(H,10,11). The first-order chi connectivity index (χ1) is 5.65. The number of hydrogen-bond acceptors (Lipinski definition) is 2. The van der Waals surface area contributed by atoms with Crippen LogP contribution in [-0.2, 0) is 4.79 Å². The van der Waals surface area contributed by atoms with Gasteiger partial charge in [0, 0.05) is 17.8 Å². The Morgan fingerprint density at radius 3 is 2.25 bits per heavy atom. The summed E-state index contributed by atoms with van der Waals surface area (Å²) in [5.74, 6) is -3.27. The summed E-state index contributed by atoms with van der Waals surface area (Å²) in [7, 11) is 0. The average molecular weight is 173 g/mol. The summed E-state index contributed by atoms with van der Waals surface area (Å²) in [5.41, 5.74) is -0.0437. The molecule has 12 heavy (non-hydrogen) atoms. The maximum absolute atomic E-state index is 12.5. The fraction of sp³-hybridized carbons (Fsp3) is 0. The maximum atomic E-state index is 12.5. The molecule has 2 N–H and O–H groups in total. The van der Waals surface area contributed by atoms with E-state index in [9.17, 15) is 13.6 Å². The van der Waals surface area contributed by atoms with Gasteiger partial charge in [-0.3, -0.25) is 4.79 Å². The van der Waals surface area contributed by atoms with Crippen LogP contribution >= 0.6 is 0 Å². The lowest BCUT2D eigenvalue weighted by Crippen LogP contribution is -1.95. The number of rotatable bonds is 2. The molecule has 0 heterocycles. The summed E-state index contributed by atoms with van der Waals surface area (Å²) in [6.07, 6.45) is 0.283. The van der Waals surface area contributed by atoms with Crippen molar-refractivity contribution in [2.75, 3.05) is 5.32 Å². The highest BCUT2D eigenvalue weighted by Crippen LogP contribution is 2.23. The number of halogens is 2. The Morgan fingerprint density at radius 2 is 1.83 bits per heavy atom. The molecule has 0 spiro atoms. The number of carbonyl (C=O) groups is 1. The number of hydrogen-bond donors (Lipinski definition) is 2. The lowest BCUT2D eigenvalue weighted by Gasteiger charge is -2.01. The number of carbonyl (C=O) groups excluding carboxylic acids is 1. The number of anilines is 1. The molecule has 0 saturated carbocycles. The topological polar surface area (TPSA) is 49.3 Å². The molecule has 5 heteroatoms. The van der Waals surface area contributed by atoms with Gasteiger partial charge in [0.25, 0.3) is 0 Å². The van der Waals surface area contributed by atoms with Crippen molar-refractivity contribution in [1.29, 1.82) is 0 Å². The van der Waals surface area contributed by atoms with E-state index in [1.54, 1.807) is 0 Å². The van der Waals surface area contributed by atoms with Gasteiger partial charge in [0.1, 0.15) is 0 Å². The molecule has 3 nitrogen and oxygen atoms in total. The van der Waals surface area contributed by atoms with Gasteiger partial charge in [-0.05, 0) is 0 Å². The molecular formula is C7H5F2NO2. The van der Waals surface area contributed by atoms with Crippen LogP contribution in [0.15, 0.2) is 12.1 Å². The predicted octanol–water partition coefficient (Wildman–Crippen LogP) is 1.24. The number of phenols is 1. The molecular weight excluding hydrogens is 168 g/mol. The molecule has 64 valence electrons. The van der Waals surface area contributed by atoms with E-state index in [0.29, 0.717) is 0 Å². The highest BCUT2D eigenvalue weighted by atomic mass is 19.1. The van der Waals surface area contributed by atoms with Crippen LogP contribution in [0.3, 0.4) is 0 Å². The van der Waals surface area contributed by atoms with E-state index in [0.717, 1.165) is 12.1 Å². The van der Waals surface area contributed by atoms with Crippen LogP contribution in [0.25, 0.3) is 0 Å². The molecule has 0 atom stereocenters. The summed E-state index contributed by atoms with van der Waals surface area (Å²) in [6, 6.07) is 1.62. The number of aromatic hydroxyl groups is 1. The summed E-state index contributed by atoms with van der Waals surface area (Å²) < 4.78 is 25.0. The van der Waals surface area contributed by atoms with Crippen LogP contribution in [0.2, 0.25) is 0 Å². The van der Waals surface area contributed by atoms with E-state index < -0.39 is 17.4 Å². The molecule has 0 radical (unpaired) electrons. The van der Waals surface area contributed by atoms with Gasteiger partial charge in [0.2, 0.25) is 6.41 Å². The maximum Gasteiger partial charge on any atom is 0.211 e. The van der Waals surface area contributed by atoms with Gasteiger partial charge >= 0.3 is 0 Å². The van der Waals surface area contributed by atoms with Crippen molar-refractivity contribution in [2.24, 2.45) is 0 Å². The predicted molar refractivity (Wildman–Crippen MR) is 37.7 cm³/mol. The van der Waals surface area contributed by atoms with Crippen molar-refractivity contribution in [2.45, 2.75) is 0 Å². The smallest absolute Gasteiger partial charge is 0.211 e. The molecule has 0 aliphatic heterocycles. The Hall–Kier alpha value is -1.65. The van der Waals surface area contributed by atoms with Gasteiger partial charge in [-0.1, -0.05) is 0 Å². The van der Waals surface area contributed by atoms with E-state index >= 15 is 0 Å². The molecule has 0 aromatic heterocycles. The first kappa shape index (κ1) is 8.45. The van der Waals surface area contributed by atoms with E-state index in [-0.39, 0.29) is 12.1 Å². The van der Waals surface area contributed by atoms with Crippen molar-refractivity contribution in [3.05, 3.63) is 23.8 Å². The molecule has 1 aromatic rings. The van der Waals surface area contributed by atoms with Gasteiger partial charge in [0.15, 0.2) is 17.4 Å². The van der Waals surface area contributed by atoms with Gasteiger partial charge in [-0.2, -0.15) is 0 Å². The second-order valence-electron chi connectivity index (χ2n) is 2.05. The molecule has 1 amide bonds. The fourth-order valence-corrected chi connectivity index (χ4v) is 0.717. The zero-order valence-electron chi connectivity index (χ0n) is 5.84. The van der Waals surface area contributed by atoms with Crippen LogP contribution in [0.1, 0.15) is 0 Å². The van der Waals surface area contributed by atoms with E-state index in [1.807, 2.05) is 5.32 Å². The molecule has 0 aliphatic carbocycles. The van der Waals surface area contributed by atoms with E-state index in [4.69, 9.17) is 5.11 Å². The van der Waals surface area contributed by atoms with Gasteiger partial charge in [0.05, 0.1) is 0 Å². The van der Waals surface area contributed by atoms with Gasteiger partial charge < -0.3 is 10.4 Å². The first-order valence-corrected chi connectivity index (χ1v) is 3.03. The minimum Gasteiger partial charge on any atom is -0.503 e. The van der Waals surface area contributed by atoms with Crippen molar-refractivity contribution < 1.29 is 18.7 Å². The van der Waals surface area contributed by atoms with Crippen LogP contribution < -0.4 is 5.32 Å². The quantitative estimate of drug-likeness (QED) is 0.522. The second-order valence-corrected chi connectivity index (χ2v) is 2.05. The third-order valence-corrected chi connectivity index (χ3v) is 1.24. The molecule has 0 saturated heterocycles. The number of phenolic OH excluding ortho intramolecular Hbond substituents is 1. The Morgan fingerprint density at radius 1 is 1.33 bits per heavy atom. The lowest BCUT2D eigenvalue weighted by molar-refractivity contribution is -0.105. The third-order valence-electron chi connectivity index (χ3n) is 1.24. The summed E-state index contributed by atoms with van der Waals surface area (Å²) in [5, 5.41) is 10.7. The first-order valence-electron chi connectivity index (χ1n) is 3.03. The Bertz CT molecular complexity index is 291. The molecule has 0 fully saturated rings. The normalized spacial score (nSPS) is 9.50. The molecule has 0 aliphatic rings. The Kier molecular flexibility index (Phi) is 2.23. The largest absolute Gasteiger partial charge is 0.503 e. The zero-order valence-corrected chi connectivity index (χ0v) is 5.84. The minimum atomic E-state index is -1.11. The van der Waals surface area contributed by atoms with Crippen molar-refractivity contribution in [1.82, 2.24) is 0 Å². The number of nitrogens with one attached hydrogen (secondary N) is 1. The van der Waals surface area contributed by atoms with Crippen molar-refractivity contribution >= 4 is 12.1 Å². The van der Waals surface area contributed by atoms with Crippen LogP contribution in [0.5, 0.6) is 5.75 Å². The summed E-state index contributed by atoms with van der Waals surface area (Å²) in [4.78, 5) is 9.86. The second kappa shape index (κ2) is 3.17. The molecule has 0 bridgehead atoms. The third kappa shape index (κ3) is 1.50. The number of benzene rings is 1.